The van der Waals surface area contributed by atoms with E-state index in [0.29, 0.717) is 26.1 Å². The van der Waals surface area contributed by atoms with Crippen molar-refractivity contribution in [2.75, 3.05) is 24.5 Å². The van der Waals surface area contributed by atoms with Crippen LogP contribution in [0.3, 0.4) is 0 Å². The second-order valence-electron chi connectivity index (χ2n) is 7.51. The molecule has 0 unspecified atom stereocenters. The first-order valence-corrected chi connectivity index (χ1v) is 12.1. The first-order valence-electron chi connectivity index (χ1n) is 10.6. The highest BCUT2D eigenvalue weighted by atomic mass is 32.2. The van der Waals surface area contributed by atoms with Gasteiger partial charge in [-0.3, -0.25) is 14.4 Å². The molecule has 1 aromatic carbocycles. The molecular formula is C22H28N4O5S. The molecule has 1 aliphatic heterocycles. The smallest absolute Gasteiger partial charge is 0.251 e. The van der Waals surface area contributed by atoms with Crippen molar-refractivity contribution in [3.05, 3.63) is 58.5 Å². The van der Waals surface area contributed by atoms with Crippen molar-refractivity contribution in [1.29, 1.82) is 0 Å². The maximum absolute atomic E-state index is 12.7. The Kier molecular flexibility index (Phi) is 7.47. The van der Waals surface area contributed by atoms with E-state index in [0.717, 1.165) is 28.3 Å². The molecule has 1 N–H and O–H groups in total. The average molecular weight is 461 g/mol. The fourth-order valence-electron chi connectivity index (χ4n) is 3.62. The van der Waals surface area contributed by atoms with Crippen molar-refractivity contribution in [2.24, 2.45) is 0 Å². The number of hydrogen-bond donors (Lipinski definition) is 1. The number of carbonyl (C=O) groups excluding carboxylic acids is 2. The van der Waals surface area contributed by atoms with Gasteiger partial charge in [0.25, 0.3) is 5.56 Å². The van der Waals surface area contributed by atoms with Gasteiger partial charge in [-0.15, -0.1) is 0 Å². The number of nitrogens with one attached hydrogen (secondary N) is 1. The summed E-state index contributed by atoms with van der Waals surface area (Å²) < 4.78 is 27.7. The second kappa shape index (κ2) is 10.1. The summed E-state index contributed by atoms with van der Waals surface area (Å²) in [5.41, 5.74) is 1.22. The average Bonchev–Trinajstić information content (AvgIpc) is 3.20. The fourth-order valence-corrected chi connectivity index (χ4v) is 5.10. The highest BCUT2D eigenvalue weighted by molar-refractivity contribution is 7.89. The standard InChI is InChI=1S/C22H28N4O5S/c1-3-25(4-2)32(30,31)19-11-12-21(28)24(15-19)16-20(27)23-14-17-7-9-18(10-8-17)26-13-5-6-22(26)29/h7-12,15H,3-6,13-14,16H2,1-2H3,(H,23,27). The van der Waals surface area contributed by atoms with Crippen molar-refractivity contribution in [3.8, 4) is 0 Å². The Hall–Kier alpha value is -2.98. The van der Waals surface area contributed by atoms with Crippen molar-refractivity contribution < 1.29 is 18.0 Å². The van der Waals surface area contributed by atoms with Crippen molar-refractivity contribution in [1.82, 2.24) is 14.2 Å². The molecule has 0 bridgehead atoms. The van der Waals surface area contributed by atoms with Crippen LogP contribution in [-0.4, -0.2) is 48.7 Å². The van der Waals surface area contributed by atoms with Crippen LogP contribution in [0.15, 0.2) is 52.3 Å². The van der Waals surface area contributed by atoms with Crippen LogP contribution >= 0.6 is 0 Å². The highest BCUT2D eigenvalue weighted by Gasteiger charge is 2.23. The number of aromatic nitrogens is 1. The molecule has 32 heavy (non-hydrogen) atoms. The Morgan fingerprint density at radius 2 is 1.75 bits per heavy atom. The van der Waals surface area contributed by atoms with E-state index in [2.05, 4.69) is 5.32 Å². The van der Waals surface area contributed by atoms with E-state index in [1.165, 1.54) is 16.6 Å². The summed E-state index contributed by atoms with van der Waals surface area (Å²) in [6.07, 6.45) is 2.62. The Morgan fingerprint density at radius 1 is 1.06 bits per heavy atom. The molecule has 0 atom stereocenters. The normalized spacial score (nSPS) is 14.2. The molecule has 2 aromatic rings. The Balaban J connectivity index is 1.64. The third kappa shape index (κ3) is 5.25. The van der Waals surface area contributed by atoms with Crippen LogP contribution in [0.1, 0.15) is 32.3 Å². The molecule has 9 nitrogen and oxygen atoms in total. The van der Waals surface area contributed by atoms with Gasteiger partial charge in [-0.2, -0.15) is 4.31 Å². The number of sulfonamides is 1. The van der Waals surface area contributed by atoms with E-state index in [9.17, 15) is 22.8 Å². The quantitative estimate of drug-likeness (QED) is 0.607. The van der Waals surface area contributed by atoms with Crippen LogP contribution in [0.25, 0.3) is 0 Å². The molecule has 0 aliphatic carbocycles. The van der Waals surface area contributed by atoms with Crippen molar-refractivity contribution in [3.63, 3.8) is 0 Å². The molecule has 1 fully saturated rings. The van der Waals surface area contributed by atoms with Gasteiger partial charge in [-0.05, 0) is 30.2 Å². The van der Waals surface area contributed by atoms with Crippen LogP contribution < -0.4 is 15.8 Å². The van der Waals surface area contributed by atoms with Crippen molar-refractivity contribution >= 4 is 27.5 Å². The first kappa shape index (κ1) is 23.7. The molecule has 3 rings (SSSR count). The third-order valence-corrected chi connectivity index (χ3v) is 7.46. The minimum atomic E-state index is -3.73. The van der Waals surface area contributed by atoms with E-state index in [1.54, 1.807) is 18.7 Å². The van der Waals surface area contributed by atoms with Crippen molar-refractivity contribution in [2.45, 2.75) is 44.7 Å². The molecule has 1 aliphatic rings. The fraction of sp³-hybridized carbons (Fsp3) is 0.409. The van der Waals surface area contributed by atoms with Gasteiger partial charge in [0.05, 0.1) is 4.90 Å². The summed E-state index contributed by atoms with van der Waals surface area (Å²) in [6, 6.07) is 9.78. The van der Waals surface area contributed by atoms with E-state index in [1.807, 2.05) is 24.3 Å². The number of carbonyl (C=O) groups is 2. The third-order valence-electron chi connectivity index (χ3n) is 5.42. The first-order chi connectivity index (χ1) is 15.3. The van der Waals surface area contributed by atoms with Gasteiger partial charge in [0.1, 0.15) is 6.54 Å². The summed E-state index contributed by atoms with van der Waals surface area (Å²) in [5.74, 6) is -0.301. The molecule has 10 heteroatoms. The minimum absolute atomic E-state index is 0.0272. The molecule has 0 radical (unpaired) electrons. The van der Waals surface area contributed by atoms with Gasteiger partial charge in [0.15, 0.2) is 0 Å². The lowest BCUT2D eigenvalue weighted by Gasteiger charge is -2.19. The number of amides is 2. The summed E-state index contributed by atoms with van der Waals surface area (Å²) >= 11 is 0. The summed E-state index contributed by atoms with van der Waals surface area (Å²) in [7, 11) is -3.73. The SMILES string of the molecule is CCN(CC)S(=O)(=O)c1ccc(=O)n(CC(=O)NCc2ccc(N3CCCC3=O)cc2)c1. The monoisotopic (exact) mass is 460 g/mol. The van der Waals surface area contributed by atoms with E-state index >= 15 is 0 Å². The molecule has 2 amide bonds. The zero-order valence-electron chi connectivity index (χ0n) is 18.3. The largest absolute Gasteiger partial charge is 0.350 e. The number of pyridine rings is 1. The molecule has 172 valence electrons. The number of hydrogen-bond acceptors (Lipinski definition) is 5. The van der Waals surface area contributed by atoms with Crippen LogP contribution in [0.4, 0.5) is 5.69 Å². The van der Waals surface area contributed by atoms with E-state index in [-0.39, 0.29) is 23.9 Å². The summed E-state index contributed by atoms with van der Waals surface area (Å²) in [6.45, 7) is 4.76. The lowest BCUT2D eigenvalue weighted by Crippen LogP contribution is -2.34. The lowest BCUT2D eigenvalue weighted by molar-refractivity contribution is -0.122. The second-order valence-corrected chi connectivity index (χ2v) is 9.45. The number of benzene rings is 1. The van der Waals surface area contributed by atoms with Crippen LogP contribution in [0.5, 0.6) is 0 Å². The van der Waals surface area contributed by atoms with Gasteiger partial charge in [-0.1, -0.05) is 26.0 Å². The van der Waals surface area contributed by atoms with Gasteiger partial charge in [-0.25, -0.2) is 8.42 Å². The van der Waals surface area contributed by atoms with Gasteiger partial charge in [0, 0.05) is 50.6 Å². The molecule has 0 saturated carbocycles. The zero-order chi connectivity index (χ0) is 23.3. The van der Waals surface area contributed by atoms with Gasteiger partial charge < -0.3 is 14.8 Å². The maximum Gasteiger partial charge on any atom is 0.251 e. The summed E-state index contributed by atoms with van der Waals surface area (Å²) in [5, 5.41) is 2.74. The topological polar surface area (TPSA) is 109 Å². The Labute approximate surface area is 187 Å². The van der Waals surface area contributed by atoms with Gasteiger partial charge in [0.2, 0.25) is 21.8 Å². The van der Waals surface area contributed by atoms with E-state index < -0.39 is 21.5 Å². The van der Waals surface area contributed by atoms with Crippen LogP contribution in [-0.2, 0) is 32.7 Å². The summed E-state index contributed by atoms with van der Waals surface area (Å²) in [4.78, 5) is 38.1. The maximum atomic E-state index is 12.7. The lowest BCUT2D eigenvalue weighted by atomic mass is 10.2. The number of rotatable bonds is 9. The van der Waals surface area contributed by atoms with Crippen LogP contribution in [0.2, 0.25) is 0 Å². The molecule has 1 saturated heterocycles. The number of anilines is 1. The van der Waals surface area contributed by atoms with Crippen LogP contribution in [0, 0.1) is 0 Å². The van der Waals surface area contributed by atoms with Gasteiger partial charge >= 0.3 is 0 Å². The number of nitrogens with zero attached hydrogens (tertiary/aromatic N) is 3. The molecule has 1 aromatic heterocycles. The highest BCUT2D eigenvalue weighted by Crippen LogP contribution is 2.21. The zero-order valence-corrected chi connectivity index (χ0v) is 19.1. The Morgan fingerprint density at radius 3 is 2.34 bits per heavy atom. The minimum Gasteiger partial charge on any atom is -0.350 e. The van der Waals surface area contributed by atoms with E-state index in [4.69, 9.17) is 0 Å². The molecule has 0 spiro atoms. The predicted molar refractivity (Wildman–Crippen MR) is 121 cm³/mol. The Bertz CT molecular complexity index is 1140. The predicted octanol–water partition coefficient (Wildman–Crippen LogP) is 1.32. The molecule has 2 heterocycles. The molecular weight excluding hydrogens is 432 g/mol.